The van der Waals surface area contributed by atoms with Crippen LogP contribution in [-0.4, -0.2) is 44.5 Å². The zero-order chi connectivity index (χ0) is 35.1. The smallest absolute Gasteiger partial charge is 0.124 e. The molecule has 0 aromatic heterocycles. The second-order valence-corrected chi connectivity index (χ2v) is 19.6. The number of ether oxygens (including phenoxy) is 2. The Morgan fingerprint density at radius 3 is 1.38 bits per heavy atom. The molecule has 50 heavy (non-hydrogen) atoms. The van der Waals surface area contributed by atoms with E-state index in [4.69, 9.17) is 9.47 Å². The van der Waals surface area contributed by atoms with E-state index in [0.717, 1.165) is 22.8 Å². The fourth-order valence-corrected chi connectivity index (χ4v) is 15.9. The first kappa shape index (κ1) is 40.8. The van der Waals surface area contributed by atoms with E-state index in [1.165, 1.54) is 103 Å². The van der Waals surface area contributed by atoms with Crippen LogP contribution in [0.1, 0.15) is 105 Å². The number of benzene rings is 2. The summed E-state index contributed by atoms with van der Waals surface area (Å²) in [5.74, 6) is 2.03. The molecule has 278 valence electrons. The van der Waals surface area contributed by atoms with Gasteiger partial charge in [-0.05, 0) is 143 Å². The minimum Gasteiger partial charge on any atom is -0.748 e. The van der Waals surface area contributed by atoms with Gasteiger partial charge in [0.15, 0.2) is 0 Å². The summed E-state index contributed by atoms with van der Waals surface area (Å²) >= 11 is 0. The SMILES string of the molecule is COc1c(C)cc(P(c2cc(C)c(OC)c(C)c2)[c-]2c(C(C)N(C)C)ccc2P(C2CCCCC2)C2CCCCC2)cc1C.[Fe].[cH-]1[cH-][cH-][cH-][cH-]1. The van der Waals surface area contributed by atoms with E-state index in [9.17, 15) is 0 Å². The van der Waals surface area contributed by atoms with Crippen LogP contribution in [-0.2, 0) is 17.1 Å². The molecular weight excluding hydrogens is 692 g/mol. The quantitative estimate of drug-likeness (QED) is 0.0915. The Kier molecular flexibility index (Phi) is 15.7. The Hall–Kier alpha value is -1.92. The molecule has 2 saturated carbocycles. The van der Waals surface area contributed by atoms with E-state index in [1.807, 2.05) is 44.6 Å². The van der Waals surface area contributed by atoms with E-state index in [2.05, 4.69) is 90.0 Å². The molecule has 2 fully saturated rings. The van der Waals surface area contributed by atoms with Crippen LogP contribution in [0, 0.1) is 27.7 Å². The van der Waals surface area contributed by atoms with Gasteiger partial charge in [0.25, 0.3) is 0 Å². The van der Waals surface area contributed by atoms with Crippen molar-refractivity contribution in [1.29, 1.82) is 0 Å². The molecule has 3 nitrogen and oxygen atoms in total. The molecule has 0 aliphatic heterocycles. The van der Waals surface area contributed by atoms with Crippen molar-refractivity contribution in [2.45, 2.75) is 116 Å². The van der Waals surface area contributed by atoms with E-state index < -0.39 is 7.92 Å². The Morgan fingerprint density at radius 2 is 1.04 bits per heavy atom. The van der Waals surface area contributed by atoms with Crippen molar-refractivity contribution in [2.24, 2.45) is 0 Å². The second-order valence-electron chi connectivity index (χ2n) is 14.7. The predicted molar refractivity (Wildman–Crippen MR) is 217 cm³/mol. The van der Waals surface area contributed by atoms with Gasteiger partial charge in [-0.15, -0.1) is 16.2 Å². The summed E-state index contributed by atoms with van der Waals surface area (Å²) in [6.45, 7) is 11.3. The van der Waals surface area contributed by atoms with Crippen molar-refractivity contribution in [3.05, 3.63) is 94.5 Å². The third kappa shape index (κ3) is 9.35. The molecule has 6 heteroatoms. The summed E-state index contributed by atoms with van der Waals surface area (Å²) in [4.78, 5) is 2.41. The molecule has 0 amide bonds. The molecule has 4 aromatic rings. The maximum atomic E-state index is 5.88. The van der Waals surface area contributed by atoms with Crippen molar-refractivity contribution in [3.63, 3.8) is 0 Å². The standard InChI is InChI=1S/C39H56NO2P2.C5H5.Fe/c1-26-22-33(23-27(2)37(26)41-8)44(34-24-28(3)38(42-9)29(4)25-34)39-35(30(5)40(6)7)20-21-36(39)43(31-16-12-10-13-17-31)32-18-14-11-15-19-32;1-2-4-5-3-1;/h20-25,30-32H,10-19H2,1-9H3;1-5H;/q-1;-5;. The first-order valence-corrected chi connectivity index (χ1v) is 21.5. The van der Waals surface area contributed by atoms with Crippen LogP contribution >= 0.6 is 15.8 Å². The number of methoxy groups -OCH3 is 2. The fraction of sp³-hybridized carbons (Fsp3) is 0.500. The maximum absolute atomic E-state index is 5.88. The third-order valence-corrected chi connectivity index (χ3v) is 17.2. The van der Waals surface area contributed by atoms with Crippen LogP contribution in [0.15, 0.2) is 66.7 Å². The van der Waals surface area contributed by atoms with Gasteiger partial charge in [-0.2, -0.15) is 0 Å². The normalized spacial score (nSPS) is 16.2. The van der Waals surface area contributed by atoms with E-state index in [0.29, 0.717) is 6.04 Å². The van der Waals surface area contributed by atoms with Gasteiger partial charge in [0.2, 0.25) is 0 Å². The molecule has 0 spiro atoms. The molecule has 6 rings (SSSR count). The van der Waals surface area contributed by atoms with Gasteiger partial charge in [0.05, 0.1) is 14.2 Å². The number of hydrogen-bond donors (Lipinski definition) is 0. The molecular formula is C44H61FeNO2P2-6. The van der Waals surface area contributed by atoms with Gasteiger partial charge < -0.3 is 44.7 Å². The van der Waals surface area contributed by atoms with E-state index in [-0.39, 0.29) is 25.0 Å². The average molecular weight is 754 g/mol. The molecule has 4 aromatic carbocycles. The van der Waals surface area contributed by atoms with Crippen LogP contribution in [0.25, 0.3) is 0 Å². The predicted octanol–water partition coefficient (Wildman–Crippen LogP) is 10.2. The van der Waals surface area contributed by atoms with E-state index in [1.54, 1.807) is 10.6 Å². The topological polar surface area (TPSA) is 21.7 Å². The number of hydrogen-bond acceptors (Lipinski definition) is 3. The van der Waals surface area contributed by atoms with E-state index >= 15 is 0 Å². The molecule has 0 radical (unpaired) electrons. The fourth-order valence-electron chi connectivity index (χ4n) is 8.44. The monoisotopic (exact) mass is 753 g/mol. The van der Waals surface area contributed by atoms with Crippen LogP contribution < -0.4 is 30.7 Å². The van der Waals surface area contributed by atoms with Crippen molar-refractivity contribution in [2.75, 3.05) is 28.3 Å². The summed E-state index contributed by atoms with van der Waals surface area (Å²) in [5, 5.41) is 6.30. The van der Waals surface area contributed by atoms with Crippen LogP contribution in [0.2, 0.25) is 0 Å². The van der Waals surface area contributed by atoms with Crippen molar-refractivity contribution in [3.8, 4) is 11.5 Å². The molecule has 1 atom stereocenters. The van der Waals surface area contributed by atoms with Gasteiger partial charge in [-0.1, -0.05) is 54.4 Å². The van der Waals surface area contributed by atoms with Crippen molar-refractivity contribution >= 4 is 37.1 Å². The van der Waals surface area contributed by atoms with Crippen LogP contribution in [0.3, 0.4) is 0 Å². The molecule has 0 N–H and O–H groups in total. The zero-order valence-electron chi connectivity index (χ0n) is 32.2. The summed E-state index contributed by atoms with van der Waals surface area (Å²) in [5.41, 5.74) is 8.18. The summed E-state index contributed by atoms with van der Waals surface area (Å²) < 4.78 is 11.8. The number of rotatable bonds is 10. The van der Waals surface area contributed by atoms with Gasteiger partial charge >= 0.3 is 0 Å². The Morgan fingerprint density at radius 1 is 0.660 bits per heavy atom. The first-order valence-electron chi connectivity index (χ1n) is 18.7. The molecule has 2 aliphatic rings. The molecule has 0 saturated heterocycles. The third-order valence-electron chi connectivity index (χ3n) is 11.0. The minimum absolute atomic E-state index is 0. The average Bonchev–Trinajstić information content (AvgIpc) is 3.81. The summed E-state index contributed by atoms with van der Waals surface area (Å²) in [6.07, 6.45) is 14.2. The Balaban J connectivity index is 0.000000860. The summed E-state index contributed by atoms with van der Waals surface area (Å²) in [7, 11) is 7.06. The zero-order valence-corrected chi connectivity index (χ0v) is 35.1. The second kappa shape index (κ2) is 19.2. The first-order chi connectivity index (χ1) is 23.7. The largest absolute Gasteiger partial charge is 0.748 e. The van der Waals surface area contributed by atoms with Gasteiger partial charge in [0, 0.05) is 23.1 Å². The number of aryl methyl sites for hydroxylation is 4. The molecule has 2 aliphatic carbocycles. The maximum Gasteiger partial charge on any atom is 0.124 e. The van der Waals surface area contributed by atoms with Crippen LogP contribution in [0.5, 0.6) is 11.5 Å². The molecule has 0 bridgehead atoms. The Bertz CT molecular complexity index is 1470. The summed E-state index contributed by atoms with van der Waals surface area (Å²) in [6, 6.07) is 25.3. The Labute approximate surface area is 317 Å². The van der Waals surface area contributed by atoms with Crippen molar-refractivity contribution < 1.29 is 26.5 Å². The number of nitrogens with zero attached hydrogens (tertiary/aromatic N) is 1. The van der Waals surface area contributed by atoms with Gasteiger partial charge in [-0.3, -0.25) is 0 Å². The van der Waals surface area contributed by atoms with Crippen LogP contribution in [0.4, 0.5) is 0 Å². The van der Waals surface area contributed by atoms with Crippen molar-refractivity contribution in [1.82, 2.24) is 4.90 Å². The minimum atomic E-state index is -0.803. The van der Waals surface area contributed by atoms with Gasteiger partial charge in [0.1, 0.15) is 11.5 Å². The van der Waals surface area contributed by atoms with Gasteiger partial charge in [-0.25, -0.2) is 12.1 Å². The molecule has 0 heterocycles. The molecule has 1 unspecified atom stereocenters.